The molecule has 2 N–H and O–H groups in total. The molecule has 5 rings (SSSR count). The molecule has 0 radical (unpaired) electrons. The number of fused-ring (bicyclic) bond motifs is 4. The number of thiophene rings is 1. The second-order valence-electron chi connectivity index (χ2n) is 6.58. The number of piperidine rings is 3. The van der Waals surface area contributed by atoms with Crippen molar-refractivity contribution in [1.82, 2.24) is 15.2 Å². The lowest BCUT2D eigenvalue weighted by molar-refractivity contribution is 0.0216. The number of hydrogen-bond acceptors (Lipinski definition) is 5. The van der Waals surface area contributed by atoms with Crippen molar-refractivity contribution in [1.29, 1.82) is 0 Å². The summed E-state index contributed by atoms with van der Waals surface area (Å²) in [5, 5.41) is 9.55. The molecule has 0 aromatic carbocycles. The van der Waals surface area contributed by atoms with Crippen LogP contribution in [-0.4, -0.2) is 48.0 Å². The quantitative estimate of drug-likeness (QED) is 0.908. The first kappa shape index (κ1) is 14.9. The lowest BCUT2D eigenvalue weighted by atomic mass is 9.79. The molecular formula is C17H22N4OS. The maximum atomic E-state index is 12.7. The van der Waals surface area contributed by atoms with Gasteiger partial charge in [-0.2, -0.15) is 0 Å². The van der Waals surface area contributed by atoms with Crippen molar-refractivity contribution in [3.05, 3.63) is 23.3 Å². The molecular weight excluding hydrogens is 308 g/mol. The molecule has 1 amide bonds. The normalized spacial score (nSPS) is 29.7. The molecule has 6 heteroatoms. The van der Waals surface area contributed by atoms with Crippen LogP contribution in [0.2, 0.25) is 0 Å². The van der Waals surface area contributed by atoms with Crippen molar-refractivity contribution < 1.29 is 4.79 Å². The average molecular weight is 330 g/mol. The van der Waals surface area contributed by atoms with Gasteiger partial charge in [0, 0.05) is 36.1 Å². The molecule has 3 aliphatic rings. The van der Waals surface area contributed by atoms with Gasteiger partial charge in [-0.15, -0.1) is 11.3 Å². The topological polar surface area (TPSA) is 57.3 Å². The number of hydrogen-bond donors (Lipinski definition) is 2. The Morgan fingerprint density at radius 2 is 2.17 bits per heavy atom. The lowest BCUT2D eigenvalue weighted by Gasteiger charge is -2.49. The van der Waals surface area contributed by atoms with Gasteiger partial charge in [-0.25, -0.2) is 4.98 Å². The molecule has 2 unspecified atom stereocenters. The minimum absolute atomic E-state index is 0.0502. The highest BCUT2D eigenvalue weighted by Gasteiger charge is 2.40. The van der Waals surface area contributed by atoms with E-state index in [2.05, 4.69) is 32.8 Å². The maximum absolute atomic E-state index is 12.7. The van der Waals surface area contributed by atoms with Crippen molar-refractivity contribution >= 4 is 33.0 Å². The van der Waals surface area contributed by atoms with Crippen molar-refractivity contribution in [3.63, 3.8) is 0 Å². The number of pyridine rings is 1. The van der Waals surface area contributed by atoms with Gasteiger partial charge < -0.3 is 10.6 Å². The smallest absolute Gasteiger partial charge is 0.270 e. The van der Waals surface area contributed by atoms with E-state index in [4.69, 9.17) is 0 Å². The van der Waals surface area contributed by atoms with E-state index in [1.54, 1.807) is 17.5 Å². The number of rotatable bonds is 3. The summed E-state index contributed by atoms with van der Waals surface area (Å²) in [7, 11) is 1.90. The summed E-state index contributed by atoms with van der Waals surface area (Å²) >= 11 is 1.64. The second kappa shape index (κ2) is 5.76. The van der Waals surface area contributed by atoms with Gasteiger partial charge in [0.25, 0.3) is 5.91 Å². The average Bonchev–Trinajstić information content (AvgIpc) is 3.00. The molecule has 3 saturated heterocycles. The zero-order valence-corrected chi connectivity index (χ0v) is 14.3. The molecule has 3 aliphatic heterocycles. The summed E-state index contributed by atoms with van der Waals surface area (Å²) in [6, 6.07) is 2.57. The summed E-state index contributed by atoms with van der Waals surface area (Å²) in [5.74, 6) is 0.558. The van der Waals surface area contributed by atoms with Crippen LogP contribution >= 0.6 is 11.3 Å². The highest BCUT2D eigenvalue weighted by molar-refractivity contribution is 7.17. The highest BCUT2D eigenvalue weighted by Crippen LogP contribution is 2.33. The van der Waals surface area contributed by atoms with Gasteiger partial charge in [-0.05, 0) is 44.8 Å². The third kappa shape index (κ3) is 2.50. The van der Waals surface area contributed by atoms with E-state index < -0.39 is 0 Å². The summed E-state index contributed by atoms with van der Waals surface area (Å²) in [6.45, 7) is 4.57. The van der Waals surface area contributed by atoms with E-state index in [0.29, 0.717) is 17.7 Å². The molecule has 2 aromatic heterocycles. The van der Waals surface area contributed by atoms with Crippen LogP contribution in [0.4, 0.5) is 5.69 Å². The zero-order chi connectivity index (χ0) is 16.0. The van der Waals surface area contributed by atoms with Crippen LogP contribution in [0.25, 0.3) is 10.1 Å². The molecule has 2 aromatic rings. The van der Waals surface area contributed by atoms with Gasteiger partial charge in [-0.1, -0.05) is 0 Å². The van der Waals surface area contributed by atoms with E-state index in [1.807, 2.05) is 13.1 Å². The summed E-state index contributed by atoms with van der Waals surface area (Å²) in [5.41, 5.74) is 1.56. The molecule has 0 aliphatic carbocycles. The lowest BCUT2D eigenvalue weighted by Crippen LogP contribution is -2.62. The van der Waals surface area contributed by atoms with Crippen LogP contribution < -0.4 is 10.6 Å². The van der Waals surface area contributed by atoms with E-state index in [-0.39, 0.29) is 11.9 Å². The largest absolute Gasteiger partial charge is 0.387 e. The van der Waals surface area contributed by atoms with Crippen LogP contribution in [0.5, 0.6) is 0 Å². The fourth-order valence-corrected chi connectivity index (χ4v) is 4.92. The Balaban J connectivity index is 1.57. The number of anilines is 1. The van der Waals surface area contributed by atoms with Crippen molar-refractivity contribution in [2.45, 2.75) is 31.8 Å². The van der Waals surface area contributed by atoms with Crippen molar-refractivity contribution in [2.75, 3.05) is 25.5 Å². The zero-order valence-electron chi connectivity index (χ0n) is 13.5. The highest BCUT2D eigenvalue weighted by atomic mass is 32.1. The Morgan fingerprint density at radius 1 is 1.39 bits per heavy atom. The molecule has 23 heavy (non-hydrogen) atoms. The first-order valence-corrected chi connectivity index (χ1v) is 9.15. The SMILES string of the molecule is CNc1csc2cnc(C(=O)NC3C4CCN(CC4)C3C)cc12. The second-order valence-corrected chi connectivity index (χ2v) is 7.49. The Hall–Kier alpha value is -1.66. The first-order chi connectivity index (χ1) is 11.2. The number of carbonyl (C=O) groups is 1. The molecule has 2 atom stereocenters. The molecule has 0 spiro atoms. The van der Waals surface area contributed by atoms with Gasteiger partial charge in [0.05, 0.1) is 10.4 Å². The molecule has 2 bridgehead atoms. The Morgan fingerprint density at radius 3 is 2.87 bits per heavy atom. The standard InChI is InChI=1S/C17H22N4OS/c1-10-16(11-3-5-21(10)6-4-11)20-17(22)13-7-12-14(18-2)9-23-15(12)8-19-13/h7-11,16,18H,3-6H2,1-2H3,(H,20,22). The van der Waals surface area contributed by atoms with E-state index >= 15 is 0 Å². The van der Waals surface area contributed by atoms with E-state index in [1.165, 1.54) is 25.9 Å². The van der Waals surface area contributed by atoms with E-state index in [0.717, 1.165) is 15.8 Å². The van der Waals surface area contributed by atoms with Crippen LogP contribution in [0, 0.1) is 5.92 Å². The van der Waals surface area contributed by atoms with Crippen molar-refractivity contribution in [2.24, 2.45) is 5.92 Å². The Kier molecular flexibility index (Phi) is 3.73. The predicted octanol–water partition coefficient (Wildman–Crippen LogP) is 2.55. The summed E-state index contributed by atoms with van der Waals surface area (Å²) in [4.78, 5) is 19.5. The van der Waals surface area contributed by atoms with Crippen LogP contribution in [0.1, 0.15) is 30.3 Å². The molecule has 0 saturated carbocycles. The van der Waals surface area contributed by atoms with Crippen LogP contribution in [-0.2, 0) is 0 Å². The fraction of sp³-hybridized carbons (Fsp3) is 0.529. The van der Waals surface area contributed by atoms with Crippen molar-refractivity contribution in [3.8, 4) is 0 Å². The third-order valence-corrected chi connectivity index (χ3v) is 6.37. The number of nitrogens with one attached hydrogen (secondary N) is 2. The predicted molar refractivity (Wildman–Crippen MR) is 94.2 cm³/mol. The first-order valence-electron chi connectivity index (χ1n) is 8.27. The maximum Gasteiger partial charge on any atom is 0.270 e. The van der Waals surface area contributed by atoms with Gasteiger partial charge >= 0.3 is 0 Å². The Bertz CT molecular complexity index is 733. The van der Waals surface area contributed by atoms with Gasteiger partial charge in [0.15, 0.2) is 0 Å². The minimum atomic E-state index is -0.0502. The van der Waals surface area contributed by atoms with Crippen LogP contribution in [0.3, 0.4) is 0 Å². The number of amides is 1. The van der Waals surface area contributed by atoms with Crippen LogP contribution in [0.15, 0.2) is 17.6 Å². The summed E-state index contributed by atoms with van der Waals surface area (Å²) < 4.78 is 1.10. The van der Waals surface area contributed by atoms with Gasteiger partial charge in [0.1, 0.15) is 5.69 Å². The minimum Gasteiger partial charge on any atom is -0.387 e. The Labute approximate surface area is 140 Å². The summed E-state index contributed by atoms with van der Waals surface area (Å²) in [6.07, 6.45) is 4.18. The van der Waals surface area contributed by atoms with Gasteiger partial charge in [-0.3, -0.25) is 9.69 Å². The molecule has 5 heterocycles. The molecule has 3 fully saturated rings. The van der Waals surface area contributed by atoms with E-state index in [9.17, 15) is 4.79 Å². The molecule has 122 valence electrons. The third-order valence-electron chi connectivity index (χ3n) is 5.44. The van der Waals surface area contributed by atoms with Gasteiger partial charge in [0.2, 0.25) is 0 Å². The number of nitrogens with zero attached hydrogens (tertiary/aromatic N) is 2. The fourth-order valence-electron chi connectivity index (χ4n) is 4.02. The molecule has 5 nitrogen and oxygen atoms in total. The number of carbonyl (C=O) groups excluding carboxylic acids is 1. The monoisotopic (exact) mass is 330 g/mol. The number of aromatic nitrogens is 1.